The van der Waals surface area contributed by atoms with Crippen LogP contribution in [0.3, 0.4) is 0 Å². The van der Waals surface area contributed by atoms with Crippen LogP contribution in [0.4, 0.5) is 11.4 Å². The molecule has 8 nitrogen and oxygen atoms in total. The van der Waals surface area contributed by atoms with Gasteiger partial charge in [0.25, 0.3) is 16.0 Å². The largest absolute Gasteiger partial charge is 0.324 e. The second-order valence-corrected chi connectivity index (χ2v) is 8.90. The van der Waals surface area contributed by atoms with Crippen LogP contribution in [0.5, 0.6) is 0 Å². The van der Waals surface area contributed by atoms with Gasteiger partial charge < -0.3 is 5.32 Å². The Hall–Kier alpha value is -3.14. The first kappa shape index (κ1) is 25.1. The molecule has 0 aliphatic carbocycles. The van der Waals surface area contributed by atoms with Gasteiger partial charge in [0.15, 0.2) is 5.78 Å². The maximum Gasteiger partial charge on any atom is 0.294 e. The lowest BCUT2D eigenvalue weighted by Crippen LogP contribution is -2.31. The van der Waals surface area contributed by atoms with E-state index in [0.29, 0.717) is 0 Å². The van der Waals surface area contributed by atoms with E-state index in [0.717, 1.165) is 17.7 Å². The number of nitrogens with zero attached hydrogens (tertiary/aromatic N) is 2. The number of nitrogens with one attached hydrogen (secondary N) is 1. The van der Waals surface area contributed by atoms with Gasteiger partial charge in [0.1, 0.15) is 5.69 Å². The zero-order chi connectivity index (χ0) is 24.1. The summed E-state index contributed by atoms with van der Waals surface area (Å²) in [5.74, 6) is -1.32. The Kier molecular flexibility index (Phi) is 7.84. The van der Waals surface area contributed by atoms with Gasteiger partial charge in [-0.15, -0.1) is 13.2 Å². The molecule has 2 N–H and O–H groups in total. The average Bonchev–Trinajstić information content (AvgIpc) is 2.73. The molecule has 1 atom stereocenters. The highest BCUT2D eigenvalue weighted by atomic mass is 35.5. The number of rotatable bonds is 9. The molecule has 0 aliphatic heterocycles. The number of azo groups is 1. The smallest absolute Gasteiger partial charge is 0.294 e. The van der Waals surface area contributed by atoms with Crippen molar-refractivity contribution in [3.63, 3.8) is 0 Å². The van der Waals surface area contributed by atoms with Crippen LogP contribution in [-0.2, 0) is 25.1 Å². The van der Waals surface area contributed by atoms with Crippen LogP contribution in [0.1, 0.15) is 19.4 Å². The highest BCUT2D eigenvalue weighted by molar-refractivity contribution is 7.85. The van der Waals surface area contributed by atoms with E-state index in [4.69, 9.17) is 16.2 Å². The molecule has 0 heterocycles. The molecule has 1 unspecified atom stereocenters. The number of carbonyl (C=O) groups is 2. The summed E-state index contributed by atoms with van der Waals surface area (Å²) >= 11 is 6.30. The Bertz CT molecular complexity index is 1180. The zero-order valence-electron chi connectivity index (χ0n) is 17.4. The third-order valence-corrected chi connectivity index (χ3v) is 5.92. The molecule has 0 aromatic heterocycles. The highest BCUT2D eigenvalue weighted by Gasteiger charge is 2.24. The molecule has 0 radical (unpaired) electrons. The van der Waals surface area contributed by atoms with Crippen molar-refractivity contribution >= 4 is 44.8 Å². The molecule has 1 amide bonds. The number of hydrogen-bond acceptors (Lipinski definition) is 6. The lowest BCUT2D eigenvalue weighted by Gasteiger charge is -2.22. The Balaban J connectivity index is 2.23. The molecule has 2 rings (SSSR count). The van der Waals surface area contributed by atoms with Crippen molar-refractivity contribution in [3.8, 4) is 0 Å². The Morgan fingerprint density at radius 1 is 1.16 bits per heavy atom. The van der Waals surface area contributed by atoms with Gasteiger partial charge in [-0.05, 0) is 55.8 Å². The number of amides is 1. The summed E-state index contributed by atoms with van der Waals surface area (Å²) in [5.41, 5.74) is 0.814. The first-order valence-electron chi connectivity index (χ1n) is 9.28. The van der Waals surface area contributed by atoms with E-state index in [1.807, 2.05) is 6.92 Å². The standard InChI is InChI=1S/C22H22ClN3O5S/c1-5-22(4,6-2)15-7-12-19(18(23)13-15)25-26-20(14(3)27)21(28)24-16-8-10-17(11-9-16)32(29,30)31/h5-13,20H,1-2H2,3-4H3,(H,24,28)(H,29,30,31). The van der Waals surface area contributed by atoms with E-state index in [-0.39, 0.29) is 21.3 Å². The number of carbonyl (C=O) groups excluding carboxylic acids is 2. The number of allylic oxidation sites excluding steroid dienone is 2. The summed E-state index contributed by atoms with van der Waals surface area (Å²) in [6.07, 6.45) is 3.46. The van der Waals surface area contributed by atoms with E-state index in [1.54, 1.807) is 30.4 Å². The van der Waals surface area contributed by atoms with Crippen LogP contribution in [0, 0.1) is 0 Å². The molecule has 0 saturated heterocycles. The number of ketones is 1. The van der Waals surface area contributed by atoms with E-state index in [9.17, 15) is 18.0 Å². The predicted molar refractivity (Wildman–Crippen MR) is 123 cm³/mol. The monoisotopic (exact) mass is 475 g/mol. The minimum Gasteiger partial charge on any atom is -0.324 e. The molecule has 168 valence electrons. The van der Waals surface area contributed by atoms with Gasteiger partial charge in [0, 0.05) is 11.1 Å². The average molecular weight is 476 g/mol. The Morgan fingerprint density at radius 3 is 2.22 bits per heavy atom. The van der Waals surface area contributed by atoms with Crippen LogP contribution in [0.15, 0.2) is 82.9 Å². The van der Waals surface area contributed by atoms with Crippen molar-refractivity contribution in [1.82, 2.24) is 0 Å². The molecular weight excluding hydrogens is 454 g/mol. The van der Waals surface area contributed by atoms with Crippen LogP contribution in [0.2, 0.25) is 5.02 Å². The molecule has 10 heteroatoms. The van der Waals surface area contributed by atoms with Gasteiger partial charge in [-0.2, -0.15) is 18.6 Å². The predicted octanol–water partition coefficient (Wildman–Crippen LogP) is 4.90. The number of Topliss-reactive ketones (excluding diaryl/α,β-unsaturated/α-hetero) is 1. The van der Waals surface area contributed by atoms with Gasteiger partial charge in [-0.3, -0.25) is 14.1 Å². The fourth-order valence-corrected chi connectivity index (χ4v) is 3.30. The van der Waals surface area contributed by atoms with Crippen molar-refractivity contribution in [2.45, 2.75) is 30.2 Å². The lowest BCUT2D eigenvalue weighted by molar-refractivity contribution is -0.126. The van der Waals surface area contributed by atoms with E-state index < -0.39 is 33.3 Å². The molecule has 0 fully saturated rings. The minimum atomic E-state index is -4.36. The topological polar surface area (TPSA) is 125 Å². The van der Waals surface area contributed by atoms with E-state index >= 15 is 0 Å². The van der Waals surface area contributed by atoms with Crippen molar-refractivity contribution in [2.75, 3.05) is 5.32 Å². The summed E-state index contributed by atoms with van der Waals surface area (Å²) in [7, 11) is -4.36. The number of halogens is 1. The number of anilines is 1. The zero-order valence-corrected chi connectivity index (χ0v) is 19.0. The molecule has 0 saturated carbocycles. The Labute approximate surface area is 191 Å². The van der Waals surface area contributed by atoms with Crippen LogP contribution in [-0.4, -0.2) is 30.7 Å². The summed E-state index contributed by atoms with van der Waals surface area (Å²) < 4.78 is 31.2. The minimum absolute atomic E-state index is 0.208. The highest BCUT2D eigenvalue weighted by Crippen LogP contribution is 2.33. The molecular formula is C22H22ClN3O5S. The van der Waals surface area contributed by atoms with Gasteiger partial charge >= 0.3 is 0 Å². The molecule has 2 aromatic carbocycles. The SMILES string of the molecule is C=CC(C)(C=C)c1ccc(N=NC(C(C)=O)C(=O)Nc2ccc(S(=O)(=O)O)cc2)c(Cl)c1. The van der Waals surface area contributed by atoms with Crippen molar-refractivity contribution < 1.29 is 22.6 Å². The number of hydrogen-bond donors (Lipinski definition) is 2. The van der Waals surface area contributed by atoms with Crippen molar-refractivity contribution in [3.05, 3.63) is 78.4 Å². The van der Waals surface area contributed by atoms with Crippen LogP contribution < -0.4 is 5.32 Å². The fraction of sp³-hybridized carbons (Fsp3) is 0.182. The van der Waals surface area contributed by atoms with Gasteiger partial charge in [-0.1, -0.05) is 29.8 Å². The fourth-order valence-electron chi connectivity index (χ4n) is 2.60. The summed E-state index contributed by atoms with van der Waals surface area (Å²) in [6.45, 7) is 10.7. The van der Waals surface area contributed by atoms with Crippen molar-refractivity contribution in [2.24, 2.45) is 10.2 Å². The maximum absolute atomic E-state index is 12.5. The number of benzene rings is 2. The molecule has 0 bridgehead atoms. The summed E-state index contributed by atoms with van der Waals surface area (Å²) in [6, 6.07) is 8.35. The van der Waals surface area contributed by atoms with Gasteiger partial charge in [-0.25, -0.2) is 0 Å². The molecule has 0 aliphatic rings. The van der Waals surface area contributed by atoms with Crippen molar-refractivity contribution in [1.29, 1.82) is 0 Å². The van der Waals surface area contributed by atoms with Gasteiger partial charge in [0.2, 0.25) is 6.04 Å². The summed E-state index contributed by atoms with van der Waals surface area (Å²) in [4.78, 5) is 24.1. The van der Waals surface area contributed by atoms with Gasteiger partial charge in [0.05, 0.1) is 9.92 Å². The molecule has 2 aromatic rings. The molecule has 0 spiro atoms. The molecule has 32 heavy (non-hydrogen) atoms. The van der Waals surface area contributed by atoms with Crippen LogP contribution >= 0.6 is 11.6 Å². The third kappa shape index (κ3) is 5.97. The second-order valence-electron chi connectivity index (χ2n) is 7.07. The normalized spacial score (nSPS) is 12.9. The first-order valence-corrected chi connectivity index (χ1v) is 11.1. The van der Waals surface area contributed by atoms with E-state index in [1.165, 1.54) is 19.1 Å². The lowest BCUT2D eigenvalue weighted by atomic mass is 9.83. The summed E-state index contributed by atoms with van der Waals surface area (Å²) in [5, 5.41) is 10.5. The quantitative estimate of drug-likeness (QED) is 0.231. The van der Waals surface area contributed by atoms with E-state index in [2.05, 4.69) is 28.7 Å². The second kappa shape index (κ2) is 9.99. The third-order valence-electron chi connectivity index (χ3n) is 4.75. The Morgan fingerprint density at radius 2 is 1.75 bits per heavy atom. The maximum atomic E-state index is 12.5. The first-order chi connectivity index (χ1) is 14.9. The van der Waals surface area contributed by atoms with Crippen LogP contribution in [0.25, 0.3) is 0 Å².